The van der Waals surface area contributed by atoms with Gasteiger partial charge in [0, 0.05) is 33.4 Å². The average Bonchev–Trinajstić information content (AvgIpc) is 3.20. The van der Waals surface area contributed by atoms with Crippen molar-refractivity contribution in [2.45, 2.75) is 0 Å². The summed E-state index contributed by atoms with van der Waals surface area (Å²) in [5, 5.41) is 6.12. The van der Waals surface area contributed by atoms with Crippen molar-refractivity contribution in [2.75, 3.05) is 5.32 Å². The molecule has 0 aliphatic carbocycles. The van der Waals surface area contributed by atoms with E-state index in [1.165, 1.54) is 38.6 Å². The van der Waals surface area contributed by atoms with E-state index in [0.717, 1.165) is 11.4 Å². The van der Waals surface area contributed by atoms with E-state index in [0.29, 0.717) is 0 Å². The second kappa shape index (κ2) is 7.75. The summed E-state index contributed by atoms with van der Waals surface area (Å²) in [4.78, 5) is 0. The van der Waals surface area contributed by atoms with Gasteiger partial charge in [0.05, 0.1) is 11.0 Å². The fourth-order valence-electron chi connectivity index (χ4n) is 4.51. The Labute approximate surface area is 187 Å². The van der Waals surface area contributed by atoms with E-state index in [9.17, 15) is 0 Å². The van der Waals surface area contributed by atoms with E-state index < -0.39 is 0 Å². The van der Waals surface area contributed by atoms with Crippen LogP contribution >= 0.6 is 0 Å². The molecule has 0 aliphatic heterocycles. The maximum absolute atomic E-state index is 3.56. The molecule has 0 atom stereocenters. The van der Waals surface area contributed by atoms with E-state index in [-0.39, 0.29) is 0 Å². The van der Waals surface area contributed by atoms with Gasteiger partial charge in [-0.1, -0.05) is 84.9 Å². The first-order chi connectivity index (χ1) is 15.9. The molecular formula is C30H22N2. The largest absolute Gasteiger partial charge is 0.355 e. The molecule has 6 rings (SSSR count). The number of rotatable bonds is 4. The molecule has 0 unspecified atom stereocenters. The van der Waals surface area contributed by atoms with E-state index in [2.05, 4.69) is 119 Å². The van der Waals surface area contributed by atoms with Gasteiger partial charge in [-0.05, 0) is 48.0 Å². The number of hydrogen-bond acceptors (Lipinski definition) is 1. The Kier molecular flexibility index (Phi) is 4.47. The van der Waals surface area contributed by atoms with Crippen LogP contribution in [-0.2, 0) is 0 Å². The lowest BCUT2D eigenvalue weighted by atomic mass is 10.0. The lowest BCUT2D eigenvalue weighted by Crippen LogP contribution is -1.95. The summed E-state index contributed by atoms with van der Waals surface area (Å²) in [5.74, 6) is 0. The number of para-hydroxylation sites is 4. The van der Waals surface area contributed by atoms with Crippen LogP contribution in [0.1, 0.15) is 0 Å². The molecule has 0 bridgehead atoms. The van der Waals surface area contributed by atoms with Gasteiger partial charge in [0.25, 0.3) is 0 Å². The van der Waals surface area contributed by atoms with Crippen molar-refractivity contribution < 1.29 is 0 Å². The summed E-state index contributed by atoms with van der Waals surface area (Å²) in [5.41, 5.74) is 8.18. The van der Waals surface area contributed by atoms with Gasteiger partial charge in [-0.3, -0.25) is 0 Å². The van der Waals surface area contributed by atoms with E-state index >= 15 is 0 Å². The summed E-state index contributed by atoms with van der Waals surface area (Å²) in [6.07, 6.45) is 0. The molecule has 0 saturated carbocycles. The lowest BCUT2D eigenvalue weighted by molar-refractivity contribution is 1.18. The molecule has 152 valence electrons. The van der Waals surface area contributed by atoms with Crippen molar-refractivity contribution in [3.63, 3.8) is 0 Å². The zero-order chi connectivity index (χ0) is 21.3. The summed E-state index contributed by atoms with van der Waals surface area (Å²) in [6, 6.07) is 44.8. The molecule has 1 N–H and O–H groups in total. The van der Waals surface area contributed by atoms with Crippen LogP contribution in [-0.4, -0.2) is 4.57 Å². The minimum Gasteiger partial charge on any atom is -0.355 e. The van der Waals surface area contributed by atoms with Crippen LogP contribution in [0, 0.1) is 0 Å². The zero-order valence-corrected chi connectivity index (χ0v) is 17.6. The molecule has 2 heteroatoms. The maximum atomic E-state index is 3.56. The lowest BCUT2D eigenvalue weighted by Gasteiger charge is -2.13. The van der Waals surface area contributed by atoms with E-state index in [1.807, 2.05) is 18.2 Å². The quantitative estimate of drug-likeness (QED) is 0.310. The monoisotopic (exact) mass is 410 g/mol. The highest BCUT2D eigenvalue weighted by atomic mass is 15.0. The summed E-state index contributed by atoms with van der Waals surface area (Å²) in [6.45, 7) is 0. The smallest absolute Gasteiger partial charge is 0.0541 e. The molecule has 0 spiro atoms. The van der Waals surface area contributed by atoms with Crippen molar-refractivity contribution in [3.8, 4) is 16.8 Å². The third kappa shape index (κ3) is 3.14. The molecule has 1 heterocycles. The van der Waals surface area contributed by atoms with Crippen molar-refractivity contribution >= 4 is 33.2 Å². The van der Waals surface area contributed by atoms with Gasteiger partial charge in [0.2, 0.25) is 0 Å². The predicted octanol–water partition coefficient (Wildman–Crippen LogP) is 8.19. The van der Waals surface area contributed by atoms with Crippen LogP contribution in [0.15, 0.2) is 127 Å². The number of anilines is 2. The summed E-state index contributed by atoms with van der Waals surface area (Å²) < 4.78 is 2.35. The van der Waals surface area contributed by atoms with Crippen molar-refractivity contribution in [1.82, 2.24) is 4.57 Å². The molecular weight excluding hydrogens is 388 g/mol. The Morgan fingerprint density at radius 3 is 1.72 bits per heavy atom. The number of nitrogens with one attached hydrogen (secondary N) is 1. The first-order valence-corrected chi connectivity index (χ1v) is 10.9. The Morgan fingerprint density at radius 2 is 1.03 bits per heavy atom. The molecule has 0 fully saturated rings. The van der Waals surface area contributed by atoms with Crippen LogP contribution in [0.3, 0.4) is 0 Å². The van der Waals surface area contributed by atoms with Crippen molar-refractivity contribution in [2.24, 2.45) is 0 Å². The minimum absolute atomic E-state index is 1.09. The van der Waals surface area contributed by atoms with Gasteiger partial charge in [0.1, 0.15) is 0 Å². The van der Waals surface area contributed by atoms with Crippen LogP contribution in [0.2, 0.25) is 0 Å². The van der Waals surface area contributed by atoms with E-state index in [1.54, 1.807) is 0 Å². The fraction of sp³-hybridized carbons (Fsp3) is 0. The topological polar surface area (TPSA) is 17.0 Å². The van der Waals surface area contributed by atoms with E-state index in [4.69, 9.17) is 0 Å². The molecule has 6 aromatic rings. The molecule has 1 aromatic heterocycles. The first kappa shape index (κ1) is 18.5. The molecule has 0 aliphatic rings. The Bertz CT molecular complexity index is 1470. The molecule has 5 aromatic carbocycles. The third-order valence-electron chi connectivity index (χ3n) is 6.00. The zero-order valence-electron chi connectivity index (χ0n) is 17.6. The van der Waals surface area contributed by atoms with Gasteiger partial charge >= 0.3 is 0 Å². The highest BCUT2D eigenvalue weighted by Crippen LogP contribution is 2.34. The highest BCUT2D eigenvalue weighted by molar-refractivity contribution is 6.09. The molecule has 32 heavy (non-hydrogen) atoms. The number of aromatic nitrogens is 1. The van der Waals surface area contributed by atoms with Gasteiger partial charge in [-0.2, -0.15) is 0 Å². The third-order valence-corrected chi connectivity index (χ3v) is 6.00. The number of benzene rings is 5. The van der Waals surface area contributed by atoms with Gasteiger partial charge in [0.15, 0.2) is 0 Å². The molecule has 0 radical (unpaired) electrons. The Hall–Kier alpha value is -4.30. The number of hydrogen-bond donors (Lipinski definition) is 1. The minimum atomic E-state index is 1.09. The molecule has 2 nitrogen and oxygen atoms in total. The van der Waals surface area contributed by atoms with Crippen LogP contribution in [0.4, 0.5) is 11.4 Å². The summed E-state index contributed by atoms with van der Waals surface area (Å²) in [7, 11) is 0. The normalized spacial score (nSPS) is 11.1. The standard InChI is InChI=1S/C30H22N2/c1-2-10-23(11-3-1)31-28-15-7-4-12-25(28)22-18-20-24(21-19-22)32-29-16-8-5-13-26(29)27-14-6-9-17-30(27)32/h1-21,31H. The van der Waals surface area contributed by atoms with Gasteiger partial charge < -0.3 is 9.88 Å². The average molecular weight is 411 g/mol. The number of fused-ring (bicyclic) bond motifs is 3. The fourth-order valence-corrected chi connectivity index (χ4v) is 4.51. The second-order valence-electron chi connectivity index (χ2n) is 7.95. The summed E-state index contributed by atoms with van der Waals surface area (Å²) >= 11 is 0. The van der Waals surface area contributed by atoms with Crippen LogP contribution < -0.4 is 5.32 Å². The Morgan fingerprint density at radius 1 is 0.469 bits per heavy atom. The molecule has 0 amide bonds. The van der Waals surface area contributed by atoms with Crippen LogP contribution in [0.25, 0.3) is 38.6 Å². The van der Waals surface area contributed by atoms with Crippen molar-refractivity contribution in [3.05, 3.63) is 127 Å². The van der Waals surface area contributed by atoms with Gasteiger partial charge in [-0.15, -0.1) is 0 Å². The SMILES string of the molecule is c1ccc(Nc2ccccc2-c2ccc(-n3c4ccccc4c4ccccc43)cc2)cc1. The van der Waals surface area contributed by atoms with Gasteiger partial charge in [-0.25, -0.2) is 0 Å². The van der Waals surface area contributed by atoms with Crippen LogP contribution in [0.5, 0.6) is 0 Å². The predicted molar refractivity (Wildman–Crippen MR) is 136 cm³/mol. The maximum Gasteiger partial charge on any atom is 0.0541 e. The Balaban J connectivity index is 1.44. The first-order valence-electron chi connectivity index (χ1n) is 10.9. The number of nitrogens with zero attached hydrogens (tertiary/aromatic N) is 1. The highest BCUT2D eigenvalue weighted by Gasteiger charge is 2.12. The van der Waals surface area contributed by atoms with Crippen molar-refractivity contribution in [1.29, 1.82) is 0 Å². The molecule has 0 saturated heterocycles. The second-order valence-corrected chi connectivity index (χ2v) is 7.95.